The Labute approximate surface area is 484 Å². The molecular formula is C76H42N8. The molecule has 0 saturated carbocycles. The van der Waals surface area contributed by atoms with Gasteiger partial charge < -0.3 is 9.13 Å². The summed E-state index contributed by atoms with van der Waals surface area (Å²) in [7, 11) is 0. The lowest BCUT2D eigenvalue weighted by molar-refractivity contribution is 1.10. The van der Waals surface area contributed by atoms with Gasteiger partial charge in [-0.3, -0.25) is 0 Å². The van der Waals surface area contributed by atoms with E-state index in [4.69, 9.17) is 24.7 Å². The van der Waals surface area contributed by atoms with Crippen LogP contribution in [0.15, 0.2) is 255 Å². The first-order valence-electron chi connectivity index (χ1n) is 27.2. The molecule has 84 heavy (non-hydrogen) atoms. The largest absolute Gasteiger partial charge is 0.308 e. The Hall–Kier alpha value is -12.4. The maximum absolute atomic E-state index is 10.0. The van der Waals surface area contributed by atoms with E-state index < -0.39 is 0 Å². The van der Waals surface area contributed by atoms with Crippen LogP contribution in [0.4, 0.5) is 17.1 Å². The highest BCUT2D eigenvalue weighted by atomic mass is 15.1. The Morgan fingerprint density at radius 1 is 0.310 bits per heavy atom. The molecule has 0 saturated heterocycles. The average Bonchev–Trinajstić information content (AvgIpc) is 2.04. The van der Waals surface area contributed by atoms with Crippen molar-refractivity contribution in [1.29, 1.82) is 10.5 Å². The van der Waals surface area contributed by atoms with Gasteiger partial charge in [0.25, 0.3) is 0 Å². The van der Waals surface area contributed by atoms with E-state index in [-0.39, 0.29) is 0 Å². The number of nitrogens with zero attached hydrogens (tertiary/aromatic N) is 8. The Kier molecular flexibility index (Phi) is 12.3. The lowest BCUT2D eigenvalue weighted by Crippen LogP contribution is -2.04. The van der Waals surface area contributed by atoms with Gasteiger partial charge in [0.1, 0.15) is 0 Å². The maximum atomic E-state index is 10.0. The summed E-state index contributed by atoms with van der Waals surface area (Å²) in [5, 5.41) is 23.9. The Morgan fingerprint density at radius 3 is 1.05 bits per heavy atom. The molecule has 0 atom stereocenters. The van der Waals surface area contributed by atoms with Crippen molar-refractivity contribution in [3.63, 3.8) is 0 Å². The smallest absolute Gasteiger partial charge is 0.197 e. The normalized spacial score (nSPS) is 11.0. The van der Waals surface area contributed by atoms with Crippen LogP contribution in [0, 0.1) is 42.4 Å². The summed E-state index contributed by atoms with van der Waals surface area (Å²) in [5.41, 5.74) is 20.2. The molecule has 0 aliphatic carbocycles. The highest BCUT2D eigenvalue weighted by Gasteiger charge is 2.25. The molecule has 0 fully saturated rings. The van der Waals surface area contributed by atoms with Crippen LogP contribution in [-0.2, 0) is 0 Å². The molecule has 0 unspecified atom stereocenters. The average molecular weight is 1070 g/mol. The Morgan fingerprint density at radius 2 is 0.667 bits per heavy atom. The van der Waals surface area contributed by atoms with Crippen molar-refractivity contribution in [3.8, 4) is 102 Å². The molecule has 3 aromatic heterocycles. The molecule has 0 aliphatic heterocycles. The van der Waals surface area contributed by atoms with Crippen LogP contribution in [0.25, 0.3) is 148 Å². The molecule has 0 amide bonds. The number of rotatable bonds is 9. The van der Waals surface area contributed by atoms with Crippen LogP contribution in [0.5, 0.6) is 0 Å². The van der Waals surface area contributed by atoms with Gasteiger partial charge in [-0.1, -0.05) is 146 Å². The van der Waals surface area contributed by atoms with E-state index in [1.165, 1.54) is 0 Å². The van der Waals surface area contributed by atoms with Crippen molar-refractivity contribution in [2.75, 3.05) is 0 Å². The molecule has 3 heterocycles. The van der Waals surface area contributed by atoms with Crippen molar-refractivity contribution in [1.82, 2.24) is 14.1 Å². The highest BCUT2D eigenvalue weighted by Crippen LogP contribution is 2.47. The third kappa shape index (κ3) is 8.74. The van der Waals surface area contributed by atoms with Crippen LogP contribution in [0.1, 0.15) is 11.1 Å². The van der Waals surface area contributed by atoms with Crippen LogP contribution in [0.3, 0.4) is 0 Å². The number of pyridine rings is 1. The van der Waals surface area contributed by atoms with Crippen LogP contribution >= 0.6 is 0 Å². The molecule has 0 bridgehead atoms. The van der Waals surface area contributed by atoms with Crippen molar-refractivity contribution in [2.45, 2.75) is 0 Å². The molecule has 14 rings (SSSR count). The fourth-order valence-electron chi connectivity index (χ4n) is 11.8. The SMILES string of the molecule is [C-]#[N+]c1cccc(-c2ccc3c(c2)c2cc(-c4cccc([N+]#[C-])c4)ccc2n3-c2cc([N+]#[C-])c(-c3cc(-c4ccccc4)nc(-c4ccccc4)c3)cc2-n2c3ccc(-c4cccc(C#N)c4)cc3c3cc(-c4cccc(C#N)c4)ccc32)c1. The summed E-state index contributed by atoms with van der Waals surface area (Å²) >= 11 is 0. The Balaban J connectivity index is 1.11. The van der Waals surface area contributed by atoms with E-state index in [0.29, 0.717) is 28.2 Å². The van der Waals surface area contributed by atoms with Crippen molar-refractivity contribution >= 4 is 60.7 Å². The standard InChI is InChI=1S/C76H42N8/c1-79-61-24-12-22-54(36-61)58-28-32-73-66(40-58)67-41-59(55-23-13-25-62(37-55)80-2)29-33-74(67)84(73)76-45-70(81-3)63(60-42-68(50-16-6-4-7-17-50)82-69(43-60)51-18-8-5-9-19-51)44-75(76)83-71-30-26-56(52-20-10-14-48(34-52)46-77)38-64(71)65-39-57(27-31-72(65)83)53-21-11-15-49(35-53)47-78/h4-45H. The molecule has 14 aromatic rings. The number of nitriles is 2. The lowest BCUT2D eigenvalue weighted by Gasteiger charge is -2.20. The van der Waals surface area contributed by atoms with E-state index in [2.05, 4.69) is 151 Å². The zero-order valence-corrected chi connectivity index (χ0v) is 44.8. The van der Waals surface area contributed by atoms with Crippen molar-refractivity contribution in [3.05, 3.63) is 300 Å². The second-order valence-electron chi connectivity index (χ2n) is 20.6. The lowest BCUT2D eigenvalue weighted by atomic mass is 9.97. The fraction of sp³-hybridized carbons (Fsp3) is 0. The third-order valence-electron chi connectivity index (χ3n) is 15.8. The van der Waals surface area contributed by atoms with E-state index in [1.54, 1.807) is 0 Å². The quantitative estimate of drug-likeness (QED) is 0.135. The van der Waals surface area contributed by atoms with Crippen molar-refractivity contribution < 1.29 is 0 Å². The molecule has 8 heteroatoms. The summed E-state index contributed by atoms with van der Waals surface area (Å²) in [6.45, 7) is 24.8. The molecule has 0 N–H and O–H groups in total. The summed E-state index contributed by atoms with van der Waals surface area (Å²) < 4.78 is 4.58. The van der Waals surface area contributed by atoms with E-state index >= 15 is 0 Å². The molecule has 386 valence electrons. The van der Waals surface area contributed by atoms with Gasteiger partial charge in [0.15, 0.2) is 17.1 Å². The first kappa shape index (κ1) is 49.9. The molecule has 8 nitrogen and oxygen atoms in total. The molecule has 0 aliphatic rings. The molecule has 11 aromatic carbocycles. The highest BCUT2D eigenvalue weighted by molar-refractivity contribution is 6.14. The second-order valence-corrected chi connectivity index (χ2v) is 20.6. The summed E-state index contributed by atoms with van der Waals surface area (Å²) in [4.78, 5) is 17.2. The molecular weight excluding hydrogens is 1020 g/mol. The fourth-order valence-corrected chi connectivity index (χ4v) is 11.8. The summed E-state index contributed by atoms with van der Waals surface area (Å²) in [6, 6.07) is 89.7. The molecule has 0 spiro atoms. The monoisotopic (exact) mass is 1070 g/mol. The minimum Gasteiger partial charge on any atom is -0.308 e. The van der Waals surface area contributed by atoms with Gasteiger partial charge in [0, 0.05) is 32.7 Å². The number of hydrogen-bond acceptors (Lipinski definition) is 3. The molecule has 0 radical (unpaired) electrons. The minimum atomic E-state index is 0.438. The second kappa shape index (κ2) is 20.7. The first-order chi connectivity index (χ1) is 41.4. The minimum absolute atomic E-state index is 0.438. The number of benzene rings is 11. The van der Waals surface area contributed by atoms with E-state index in [1.807, 2.05) is 140 Å². The van der Waals surface area contributed by atoms with Crippen LogP contribution in [-0.4, -0.2) is 14.1 Å². The Bertz CT molecular complexity index is 4980. The summed E-state index contributed by atoms with van der Waals surface area (Å²) in [6.07, 6.45) is 0. The van der Waals surface area contributed by atoms with Gasteiger partial charge in [-0.05, 0) is 165 Å². The predicted octanol–water partition coefficient (Wildman–Crippen LogP) is 20.3. The zero-order valence-electron chi connectivity index (χ0n) is 44.8. The number of aromatic nitrogens is 3. The first-order valence-corrected chi connectivity index (χ1v) is 27.2. The van der Waals surface area contributed by atoms with Crippen LogP contribution < -0.4 is 0 Å². The number of hydrogen-bond donors (Lipinski definition) is 0. The van der Waals surface area contributed by atoms with Gasteiger partial charge in [-0.2, -0.15) is 10.5 Å². The predicted molar refractivity (Wildman–Crippen MR) is 339 cm³/mol. The summed E-state index contributed by atoms with van der Waals surface area (Å²) in [5.74, 6) is 0. The van der Waals surface area contributed by atoms with E-state index in [9.17, 15) is 10.5 Å². The van der Waals surface area contributed by atoms with Gasteiger partial charge in [0.2, 0.25) is 0 Å². The van der Waals surface area contributed by atoms with Crippen molar-refractivity contribution in [2.24, 2.45) is 0 Å². The van der Waals surface area contributed by atoms with E-state index in [0.717, 1.165) is 133 Å². The van der Waals surface area contributed by atoms with Gasteiger partial charge in [-0.25, -0.2) is 19.5 Å². The van der Waals surface area contributed by atoms with Gasteiger partial charge in [0.05, 0.1) is 87.8 Å². The topological polar surface area (TPSA) is 83.4 Å². The van der Waals surface area contributed by atoms with Gasteiger partial charge >= 0.3 is 0 Å². The van der Waals surface area contributed by atoms with Crippen LogP contribution in [0.2, 0.25) is 0 Å². The zero-order chi connectivity index (χ0) is 56.8. The third-order valence-corrected chi connectivity index (χ3v) is 15.8. The van der Waals surface area contributed by atoms with Gasteiger partial charge in [-0.15, -0.1) is 0 Å². The number of fused-ring (bicyclic) bond motifs is 6. The maximum Gasteiger partial charge on any atom is 0.197 e.